The summed E-state index contributed by atoms with van der Waals surface area (Å²) in [6.45, 7) is 7.67. The number of hydrogen-bond donors (Lipinski definition) is 1. The number of rotatable bonds is 6. The van der Waals surface area contributed by atoms with Gasteiger partial charge in [-0.05, 0) is 50.6 Å². The van der Waals surface area contributed by atoms with Crippen molar-refractivity contribution in [2.24, 2.45) is 0 Å². The van der Waals surface area contributed by atoms with Crippen LogP contribution in [-0.2, 0) is 19.1 Å². The number of benzene rings is 2. The molecule has 1 aliphatic heterocycles. The Morgan fingerprint density at radius 1 is 0.857 bits per heavy atom. The van der Waals surface area contributed by atoms with Crippen LogP contribution in [0.2, 0.25) is 0 Å². The molecule has 35 heavy (non-hydrogen) atoms. The lowest BCUT2D eigenvalue weighted by molar-refractivity contribution is -0.596. The Kier molecular flexibility index (Phi) is 8.46. The van der Waals surface area contributed by atoms with Crippen molar-refractivity contribution in [2.75, 3.05) is 13.2 Å². The summed E-state index contributed by atoms with van der Waals surface area (Å²) < 4.78 is 12.7. The van der Waals surface area contributed by atoms with E-state index in [1.807, 2.05) is 55.1 Å². The Labute approximate surface area is 216 Å². The first kappa shape index (κ1) is 26.2. The summed E-state index contributed by atoms with van der Waals surface area (Å²) in [5, 5.41) is 5.47. The van der Waals surface area contributed by atoms with Crippen LogP contribution in [-0.4, -0.2) is 25.2 Å². The van der Waals surface area contributed by atoms with Crippen LogP contribution in [0.3, 0.4) is 0 Å². The molecule has 4 rings (SSSR count). The highest BCUT2D eigenvalue weighted by molar-refractivity contribution is 5.99. The first-order valence-corrected chi connectivity index (χ1v) is 11.5. The molecular formula is C28H29BrN2O4. The largest absolute Gasteiger partial charge is 1.00 e. The quantitative estimate of drug-likeness (QED) is 0.381. The number of pyridine rings is 1. The van der Waals surface area contributed by atoms with Gasteiger partial charge in [-0.3, -0.25) is 0 Å². The minimum absolute atomic E-state index is 0. The minimum Gasteiger partial charge on any atom is -1.00 e. The second-order valence-corrected chi connectivity index (χ2v) is 8.15. The molecule has 3 aromatic rings. The Morgan fingerprint density at radius 2 is 1.46 bits per heavy atom. The van der Waals surface area contributed by atoms with Crippen LogP contribution in [0.4, 0.5) is 0 Å². The van der Waals surface area contributed by atoms with Gasteiger partial charge in [0.2, 0.25) is 5.69 Å². The van der Waals surface area contributed by atoms with Gasteiger partial charge in [-0.1, -0.05) is 24.3 Å². The van der Waals surface area contributed by atoms with Crippen LogP contribution in [0.25, 0.3) is 16.5 Å². The standard InChI is InChI=1S/C28H28N2O4.BrH/c1-5-33-27(31)24-18(3)29-19(4)25(28(32)34-6-2)26(24)22-12-9-15-30(17-22)23-14-13-20-10-7-8-11-21(20)16-23;/h7-17,26H,5-6H2,1-4H3;1H. The van der Waals surface area contributed by atoms with Crippen molar-refractivity contribution in [1.82, 2.24) is 5.32 Å². The topological polar surface area (TPSA) is 68.5 Å². The van der Waals surface area contributed by atoms with Crippen molar-refractivity contribution in [3.63, 3.8) is 0 Å². The van der Waals surface area contributed by atoms with Crippen LogP contribution < -0.4 is 26.9 Å². The summed E-state index contributed by atoms with van der Waals surface area (Å²) in [6, 6.07) is 18.3. The van der Waals surface area contributed by atoms with Crippen molar-refractivity contribution in [3.8, 4) is 5.69 Å². The van der Waals surface area contributed by atoms with Gasteiger partial charge < -0.3 is 31.8 Å². The maximum absolute atomic E-state index is 13.0. The van der Waals surface area contributed by atoms with Gasteiger partial charge in [-0.2, -0.15) is 4.57 Å². The van der Waals surface area contributed by atoms with Gasteiger partial charge in [0.25, 0.3) is 0 Å². The van der Waals surface area contributed by atoms with E-state index in [-0.39, 0.29) is 30.2 Å². The second-order valence-electron chi connectivity index (χ2n) is 8.15. The van der Waals surface area contributed by atoms with Crippen molar-refractivity contribution in [1.29, 1.82) is 0 Å². The van der Waals surface area contributed by atoms with Gasteiger partial charge in [0, 0.05) is 35.2 Å². The molecule has 1 aromatic heterocycles. The molecule has 1 N–H and O–H groups in total. The number of allylic oxidation sites excluding steroid dienone is 2. The second kappa shape index (κ2) is 11.3. The SMILES string of the molecule is CCOC(=O)C1=C(C)NC(C)=C(C(=O)OCC)C1c1ccc[n+](-c2ccc3ccccc3c2)c1.[Br-]. The third-order valence-corrected chi connectivity index (χ3v) is 5.94. The number of carbonyl (C=O) groups excluding carboxylic acids is 2. The molecule has 0 unspecified atom stereocenters. The van der Waals surface area contributed by atoms with E-state index in [2.05, 4.69) is 35.6 Å². The molecule has 0 amide bonds. The predicted molar refractivity (Wildman–Crippen MR) is 130 cm³/mol. The van der Waals surface area contributed by atoms with Crippen LogP contribution >= 0.6 is 0 Å². The highest BCUT2D eigenvalue weighted by Gasteiger charge is 2.39. The summed E-state index contributed by atoms with van der Waals surface area (Å²) >= 11 is 0. The summed E-state index contributed by atoms with van der Waals surface area (Å²) in [7, 11) is 0. The maximum atomic E-state index is 13.0. The van der Waals surface area contributed by atoms with E-state index in [9.17, 15) is 9.59 Å². The first-order chi connectivity index (χ1) is 16.4. The molecule has 6 nitrogen and oxygen atoms in total. The number of hydrogen-bond acceptors (Lipinski definition) is 5. The molecule has 0 radical (unpaired) electrons. The molecule has 0 fully saturated rings. The lowest BCUT2D eigenvalue weighted by Crippen LogP contribution is -3.00. The average molecular weight is 537 g/mol. The molecule has 2 heterocycles. The lowest BCUT2D eigenvalue weighted by Gasteiger charge is -2.29. The maximum Gasteiger partial charge on any atom is 0.336 e. The van der Waals surface area contributed by atoms with Crippen molar-refractivity contribution in [3.05, 3.63) is 95.1 Å². The van der Waals surface area contributed by atoms with Crippen LogP contribution in [0, 0.1) is 0 Å². The fourth-order valence-electron chi connectivity index (χ4n) is 4.45. The van der Waals surface area contributed by atoms with Crippen LogP contribution in [0.1, 0.15) is 39.2 Å². The zero-order chi connectivity index (χ0) is 24.2. The Balaban J connectivity index is 0.00000342. The number of carbonyl (C=O) groups is 2. The molecule has 0 saturated carbocycles. The van der Waals surface area contributed by atoms with E-state index in [1.165, 1.54) is 0 Å². The third-order valence-electron chi connectivity index (χ3n) is 5.94. The minimum atomic E-state index is -0.618. The van der Waals surface area contributed by atoms with Crippen molar-refractivity contribution < 1.29 is 40.6 Å². The summed E-state index contributed by atoms with van der Waals surface area (Å²) in [5.74, 6) is -1.52. The third kappa shape index (κ3) is 5.30. The number of esters is 2. The van der Waals surface area contributed by atoms with Gasteiger partial charge in [-0.15, -0.1) is 0 Å². The lowest BCUT2D eigenvalue weighted by atomic mass is 9.81. The molecule has 7 heteroatoms. The molecule has 0 saturated heterocycles. The van der Waals surface area contributed by atoms with E-state index in [0.717, 1.165) is 22.0 Å². The van der Waals surface area contributed by atoms with Crippen LogP contribution in [0.15, 0.2) is 89.5 Å². The van der Waals surface area contributed by atoms with Gasteiger partial charge in [0.1, 0.15) is 0 Å². The number of dihydropyridines is 1. The molecule has 0 aliphatic carbocycles. The predicted octanol–water partition coefficient (Wildman–Crippen LogP) is 1.48. The molecule has 0 atom stereocenters. The Hall–Kier alpha value is -3.45. The van der Waals surface area contributed by atoms with Crippen molar-refractivity contribution in [2.45, 2.75) is 33.6 Å². The molecule has 0 spiro atoms. The van der Waals surface area contributed by atoms with E-state index >= 15 is 0 Å². The molecule has 2 aromatic carbocycles. The first-order valence-electron chi connectivity index (χ1n) is 11.5. The van der Waals surface area contributed by atoms with Gasteiger partial charge in [0.15, 0.2) is 12.4 Å². The zero-order valence-electron chi connectivity index (χ0n) is 20.3. The number of nitrogens with zero attached hydrogens (tertiary/aromatic N) is 1. The van der Waals surface area contributed by atoms with E-state index < -0.39 is 17.9 Å². The number of ether oxygens (including phenoxy) is 2. The Bertz CT molecular complexity index is 1290. The van der Waals surface area contributed by atoms with E-state index in [4.69, 9.17) is 9.47 Å². The summed E-state index contributed by atoms with van der Waals surface area (Å²) in [4.78, 5) is 26.0. The molecular weight excluding hydrogens is 508 g/mol. The Morgan fingerprint density at radius 3 is 2.06 bits per heavy atom. The van der Waals surface area contributed by atoms with Gasteiger partial charge in [-0.25, -0.2) is 9.59 Å². The van der Waals surface area contributed by atoms with Crippen molar-refractivity contribution >= 4 is 22.7 Å². The molecule has 0 bridgehead atoms. The van der Waals surface area contributed by atoms with E-state index in [0.29, 0.717) is 22.5 Å². The average Bonchev–Trinajstić information content (AvgIpc) is 2.83. The molecule has 1 aliphatic rings. The molecule has 182 valence electrons. The number of aromatic nitrogens is 1. The number of halogens is 1. The number of nitrogens with one attached hydrogen (secondary N) is 1. The fraction of sp³-hybridized carbons (Fsp3) is 0.250. The summed E-state index contributed by atoms with van der Waals surface area (Å²) in [6.07, 6.45) is 3.91. The highest BCUT2D eigenvalue weighted by Crippen LogP contribution is 2.38. The zero-order valence-corrected chi connectivity index (χ0v) is 21.9. The fourth-order valence-corrected chi connectivity index (χ4v) is 4.45. The van der Waals surface area contributed by atoms with Gasteiger partial charge >= 0.3 is 11.9 Å². The number of fused-ring (bicyclic) bond motifs is 1. The van der Waals surface area contributed by atoms with E-state index in [1.54, 1.807) is 13.8 Å². The monoisotopic (exact) mass is 536 g/mol. The van der Waals surface area contributed by atoms with Crippen LogP contribution in [0.5, 0.6) is 0 Å². The normalized spacial score (nSPS) is 13.8. The summed E-state index contributed by atoms with van der Waals surface area (Å²) in [5.41, 5.74) is 3.91. The smallest absolute Gasteiger partial charge is 0.336 e. The highest BCUT2D eigenvalue weighted by atomic mass is 79.9. The van der Waals surface area contributed by atoms with Gasteiger partial charge in [0.05, 0.1) is 30.3 Å².